The number of para-hydroxylation sites is 2. The van der Waals surface area contributed by atoms with E-state index < -0.39 is 0 Å². The van der Waals surface area contributed by atoms with Crippen LogP contribution in [0.4, 0.5) is 11.4 Å². The van der Waals surface area contributed by atoms with Crippen LogP contribution in [0.2, 0.25) is 0 Å². The van der Waals surface area contributed by atoms with E-state index in [-0.39, 0.29) is 18.4 Å². The van der Waals surface area contributed by atoms with Gasteiger partial charge in [-0.25, -0.2) is 0 Å². The Hall–Kier alpha value is -3.02. The molecule has 2 aromatic rings. The molecule has 2 aromatic carbocycles. The van der Waals surface area contributed by atoms with Crippen LogP contribution in [0.1, 0.15) is 13.8 Å². The van der Waals surface area contributed by atoms with E-state index in [9.17, 15) is 9.59 Å². The third kappa shape index (κ3) is 4.97. The minimum absolute atomic E-state index is 0.106. The molecule has 0 aromatic heterocycles. The van der Waals surface area contributed by atoms with Gasteiger partial charge in [-0.05, 0) is 43.3 Å². The maximum Gasteiger partial charge on any atom is 0.244 e. The first-order valence-corrected chi connectivity index (χ1v) is 7.99. The number of carbonyl (C=O) groups is 2. The number of carbonyl (C=O) groups excluding carboxylic acids is 2. The van der Waals surface area contributed by atoms with Crippen molar-refractivity contribution in [2.75, 3.05) is 30.5 Å². The lowest BCUT2D eigenvalue weighted by Gasteiger charge is -2.23. The summed E-state index contributed by atoms with van der Waals surface area (Å²) in [6.07, 6.45) is 0. The Morgan fingerprint density at radius 3 is 2.36 bits per heavy atom. The van der Waals surface area contributed by atoms with Gasteiger partial charge >= 0.3 is 0 Å². The van der Waals surface area contributed by atoms with E-state index in [1.165, 1.54) is 11.8 Å². The van der Waals surface area contributed by atoms with Crippen LogP contribution in [0, 0.1) is 0 Å². The normalized spacial score (nSPS) is 10.0. The smallest absolute Gasteiger partial charge is 0.244 e. The van der Waals surface area contributed by atoms with Crippen molar-refractivity contribution in [3.63, 3.8) is 0 Å². The molecule has 25 heavy (non-hydrogen) atoms. The fraction of sp³-hybridized carbons (Fsp3) is 0.263. The van der Waals surface area contributed by atoms with E-state index in [0.717, 1.165) is 0 Å². The van der Waals surface area contributed by atoms with Gasteiger partial charge in [-0.1, -0.05) is 12.1 Å². The van der Waals surface area contributed by atoms with Gasteiger partial charge in [0.05, 0.1) is 19.4 Å². The van der Waals surface area contributed by atoms with Gasteiger partial charge in [-0.3, -0.25) is 14.5 Å². The molecule has 0 radical (unpaired) electrons. The van der Waals surface area contributed by atoms with Gasteiger partial charge < -0.3 is 14.8 Å². The Morgan fingerprint density at radius 2 is 1.76 bits per heavy atom. The van der Waals surface area contributed by atoms with E-state index in [0.29, 0.717) is 29.5 Å². The first-order valence-electron chi connectivity index (χ1n) is 7.99. The van der Waals surface area contributed by atoms with Crippen molar-refractivity contribution >= 4 is 23.2 Å². The highest BCUT2D eigenvalue weighted by atomic mass is 16.5. The fourth-order valence-corrected chi connectivity index (χ4v) is 2.34. The molecule has 0 aliphatic carbocycles. The molecule has 2 amide bonds. The number of rotatable bonds is 7. The second-order valence-corrected chi connectivity index (χ2v) is 5.28. The minimum atomic E-state index is -0.299. The van der Waals surface area contributed by atoms with Crippen LogP contribution in [-0.4, -0.2) is 32.1 Å². The molecular weight excluding hydrogens is 320 g/mol. The van der Waals surface area contributed by atoms with Gasteiger partial charge in [-0.15, -0.1) is 0 Å². The van der Waals surface area contributed by atoms with E-state index in [2.05, 4.69) is 5.32 Å². The Kier molecular flexibility index (Phi) is 6.39. The van der Waals surface area contributed by atoms with E-state index >= 15 is 0 Å². The Labute approximate surface area is 147 Å². The molecule has 0 aliphatic rings. The Morgan fingerprint density at radius 1 is 1.08 bits per heavy atom. The number of ether oxygens (including phenoxy) is 2. The van der Waals surface area contributed by atoms with Crippen LogP contribution >= 0.6 is 0 Å². The molecule has 2 rings (SSSR count). The second-order valence-electron chi connectivity index (χ2n) is 5.28. The molecule has 6 heteroatoms. The van der Waals surface area contributed by atoms with Crippen molar-refractivity contribution in [2.45, 2.75) is 13.8 Å². The lowest BCUT2D eigenvalue weighted by atomic mass is 10.2. The summed E-state index contributed by atoms with van der Waals surface area (Å²) < 4.78 is 10.6. The molecule has 0 spiro atoms. The number of amides is 2. The topological polar surface area (TPSA) is 67.9 Å². The SMILES string of the molecule is CCOc1ccccc1N(CC(=O)Nc1ccc(OC)cc1)C(C)=O. The minimum Gasteiger partial charge on any atom is -0.497 e. The van der Waals surface area contributed by atoms with Gasteiger partial charge in [-0.2, -0.15) is 0 Å². The van der Waals surface area contributed by atoms with Gasteiger partial charge in [0.2, 0.25) is 11.8 Å². The summed E-state index contributed by atoms with van der Waals surface area (Å²) in [6, 6.07) is 14.1. The first-order chi connectivity index (χ1) is 12.0. The average Bonchev–Trinajstić information content (AvgIpc) is 2.61. The Bertz CT molecular complexity index is 728. The van der Waals surface area contributed by atoms with Crippen LogP contribution in [0.25, 0.3) is 0 Å². The van der Waals surface area contributed by atoms with Gasteiger partial charge in [0.1, 0.15) is 18.0 Å². The van der Waals surface area contributed by atoms with Crippen molar-refractivity contribution in [3.8, 4) is 11.5 Å². The zero-order valence-corrected chi connectivity index (χ0v) is 14.6. The summed E-state index contributed by atoms with van der Waals surface area (Å²) in [6.45, 7) is 3.65. The number of nitrogens with one attached hydrogen (secondary N) is 1. The largest absolute Gasteiger partial charge is 0.497 e. The molecule has 0 bridgehead atoms. The van der Waals surface area contributed by atoms with E-state index in [1.807, 2.05) is 13.0 Å². The molecule has 132 valence electrons. The van der Waals surface area contributed by atoms with Crippen molar-refractivity contribution in [3.05, 3.63) is 48.5 Å². The molecule has 1 N–H and O–H groups in total. The lowest BCUT2D eigenvalue weighted by molar-refractivity contribution is -0.120. The zero-order valence-electron chi connectivity index (χ0n) is 14.6. The molecule has 0 saturated heterocycles. The monoisotopic (exact) mass is 342 g/mol. The molecule has 0 atom stereocenters. The van der Waals surface area contributed by atoms with Crippen LogP contribution in [0.5, 0.6) is 11.5 Å². The average molecular weight is 342 g/mol. The van der Waals surface area contributed by atoms with Crippen molar-refractivity contribution in [1.29, 1.82) is 0 Å². The number of nitrogens with zero attached hydrogens (tertiary/aromatic N) is 1. The third-order valence-electron chi connectivity index (χ3n) is 3.51. The number of methoxy groups -OCH3 is 1. The molecule has 0 aliphatic heterocycles. The van der Waals surface area contributed by atoms with Crippen LogP contribution < -0.4 is 19.7 Å². The summed E-state index contributed by atoms with van der Waals surface area (Å²) in [5, 5.41) is 2.77. The molecular formula is C19H22N2O4. The fourth-order valence-electron chi connectivity index (χ4n) is 2.34. The standard InChI is InChI=1S/C19H22N2O4/c1-4-25-18-8-6-5-7-17(18)21(14(2)22)13-19(23)20-15-9-11-16(24-3)12-10-15/h5-12H,4,13H2,1-3H3,(H,20,23). The zero-order chi connectivity index (χ0) is 18.2. The van der Waals surface area contributed by atoms with Crippen molar-refractivity contribution in [1.82, 2.24) is 0 Å². The predicted octanol–water partition coefficient (Wildman–Crippen LogP) is 3.09. The summed E-state index contributed by atoms with van der Waals surface area (Å²) in [5.74, 6) is 0.732. The molecule has 0 heterocycles. The maximum absolute atomic E-state index is 12.3. The highest BCUT2D eigenvalue weighted by molar-refractivity contribution is 6.02. The lowest BCUT2D eigenvalue weighted by Crippen LogP contribution is -2.37. The third-order valence-corrected chi connectivity index (χ3v) is 3.51. The summed E-state index contributed by atoms with van der Waals surface area (Å²) >= 11 is 0. The molecule has 0 fully saturated rings. The number of hydrogen-bond donors (Lipinski definition) is 1. The summed E-state index contributed by atoms with van der Waals surface area (Å²) in [7, 11) is 1.58. The second kappa shape index (κ2) is 8.73. The van der Waals surface area contributed by atoms with Crippen LogP contribution in [0.15, 0.2) is 48.5 Å². The van der Waals surface area contributed by atoms with E-state index in [4.69, 9.17) is 9.47 Å². The summed E-state index contributed by atoms with van der Waals surface area (Å²) in [5.41, 5.74) is 1.20. The maximum atomic E-state index is 12.3. The Balaban J connectivity index is 2.13. The highest BCUT2D eigenvalue weighted by Gasteiger charge is 2.19. The quantitative estimate of drug-likeness (QED) is 0.840. The highest BCUT2D eigenvalue weighted by Crippen LogP contribution is 2.28. The molecule has 0 saturated carbocycles. The number of hydrogen-bond acceptors (Lipinski definition) is 4. The molecule has 0 unspecified atom stereocenters. The van der Waals surface area contributed by atoms with Gasteiger partial charge in [0.25, 0.3) is 0 Å². The van der Waals surface area contributed by atoms with Crippen molar-refractivity contribution < 1.29 is 19.1 Å². The van der Waals surface area contributed by atoms with Gasteiger partial charge in [0.15, 0.2) is 0 Å². The predicted molar refractivity (Wildman–Crippen MR) is 97.3 cm³/mol. The van der Waals surface area contributed by atoms with E-state index in [1.54, 1.807) is 49.6 Å². The van der Waals surface area contributed by atoms with Crippen LogP contribution in [-0.2, 0) is 9.59 Å². The van der Waals surface area contributed by atoms with Gasteiger partial charge in [0, 0.05) is 12.6 Å². The number of benzene rings is 2. The summed E-state index contributed by atoms with van der Waals surface area (Å²) in [4.78, 5) is 25.8. The van der Waals surface area contributed by atoms with Crippen LogP contribution in [0.3, 0.4) is 0 Å². The number of anilines is 2. The molecule has 6 nitrogen and oxygen atoms in total. The first kappa shape index (κ1) is 18.3. The van der Waals surface area contributed by atoms with Crippen molar-refractivity contribution in [2.24, 2.45) is 0 Å².